The van der Waals surface area contributed by atoms with Crippen LogP contribution in [0, 0.1) is 0 Å². The molecule has 116 valence electrons. The number of aromatic nitrogens is 3. The van der Waals surface area contributed by atoms with Crippen molar-refractivity contribution in [3.8, 4) is 5.75 Å². The number of hydrogen-bond acceptors (Lipinski definition) is 5. The summed E-state index contributed by atoms with van der Waals surface area (Å²) in [6.07, 6.45) is -3.49. The van der Waals surface area contributed by atoms with Crippen molar-refractivity contribution in [1.29, 1.82) is 0 Å². The highest BCUT2D eigenvalue weighted by Crippen LogP contribution is 2.32. The summed E-state index contributed by atoms with van der Waals surface area (Å²) in [6, 6.07) is 8.28. The number of halogens is 3. The first-order valence-electron chi connectivity index (χ1n) is 6.40. The first-order valence-corrected chi connectivity index (χ1v) is 6.40. The number of aromatic hydroxyl groups is 1. The van der Waals surface area contributed by atoms with Crippen LogP contribution in [0.3, 0.4) is 0 Å². The number of ketones is 1. The lowest BCUT2D eigenvalue weighted by atomic mass is 10.1. The Hall–Kier alpha value is -3.03. The number of pyridine rings is 1. The second-order valence-corrected chi connectivity index (χ2v) is 4.61. The van der Waals surface area contributed by atoms with Gasteiger partial charge in [-0.25, -0.2) is 9.97 Å². The van der Waals surface area contributed by atoms with Crippen molar-refractivity contribution in [2.75, 3.05) is 0 Å². The minimum atomic E-state index is -4.82. The number of phenols is 1. The maximum Gasteiger partial charge on any atom is 0.451 e. The molecule has 3 rings (SSSR count). The molecule has 0 fully saturated rings. The van der Waals surface area contributed by atoms with Crippen LogP contribution in [0.5, 0.6) is 5.75 Å². The van der Waals surface area contributed by atoms with Gasteiger partial charge >= 0.3 is 6.18 Å². The third-order valence-corrected chi connectivity index (χ3v) is 3.07. The number of nitrogens with zero attached hydrogens (tertiary/aromatic N) is 3. The molecular weight excluding hydrogens is 311 g/mol. The average molecular weight is 319 g/mol. The first kappa shape index (κ1) is 14.9. The summed E-state index contributed by atoms with van der Waals surface area (Å²) in [6.45, 7) is 0. The molecule has 0 aliphatic heterocycles. The lowest BCUT2D eigenvalue weighted by Crippen LogP contribution is -2.16. The zero-order chi connectivity index (χ0) is 16.6. The Labute approximate surface area is 127 Å². The summed E-state index contributed by atoms with van der Waals surface area (Å²) in [5, 5.41) is 9.77. The zero-order valence-corrected chi connectivity index (χ0v) is 11.4. The van der Waals surface area contributed by atoms with E-state index in [0.29, 0.717) is 0 Å². The van der Waals surface area contributed by atoms with E-state index in [1.807, 2.05) is 0 Å². The fourth-order valence-corrected chi connectivity index (χ4v) is 2.07. The van der Waals surface area contributed by atoms with Crippen molar-refractivity contribution in [2.24, 2.45) is 0 Å². The number of carbonyl (C=O) groups is 1. The number of fused-ring (bicyclic) bond motifs is 1. The van der Waals surface area contributed by atoms with Crippen molar-refractivity contribution in [3.05, 3.63) is 59.8 Å². The van der Waals surface area contributed by atoms with E-state index in [1.165, 1.54) is 36.5 Å². The molecule has 1 aromatic carbocycles. The van der Waals surface area contributed by atoms with Gasteiger partial charge < -0.3 is 5.11 Å². The third-order valence-electron chi connectivity index (χ3n) is 3.07. The van der Waals surface area contributed by atoms with Crippen LogP contribution in [0.4, 0.5) is 13.2 Å². The minimum absolute atomic E-state index is 0.0797. The van der Waals surface area contributed by atoms with Crippen LogP contribution in [0.2, 0.25) is 0 Å². The topological polar surface area (TPSA) is 76.0 Å². The molecule has 3 aromatic rings. The van der Waals surface area contributed by atoms with Gasteiger partial charge in [0.15, 0.2) is 0 Å². The van der Waals surface area contributed by atoms with Gasteiger partial charge in [0.05, 0.1) is 10.9 Å². The molecule has 0 radical (unpaired) electrons. The van der Waals surface area contributed by atoms with E-state index in [0.717, 1.165) is 0 Å². The molecule has 2 aromatic heterocycles. The summed E-state index contributed by atoms with van der Waals surface area (Å²) in [5.41, 5.74) is -0.797. The SMILES string of the molecule is O=C(c1ccccn1)c1nc(C(F)(F)F)nc2cccc(O)c12. The highest BCUT2D eigenvalue weighted by Gasteiger charge is 2.36. The Morgan fingerprint density at radius 3 is 2.48 bits per heavy atom. The van der Waals surface area contributed by atoms with Gasteiger partial charge in [-0.2, -0.15) is 13.2 Å². The van der Waals surface area contributed by atoms with Crippen molar-refractivity contribution in [2.45, 2.75) is 6.18 Å². The Morgan fingerprint density at radius 1 is 1.04 bits per heavy atom. The predicted octanol–water partition coefficient (Wildman–Crippen LogP) is 2.98. The first-order chi connectivity index (χ1) is 10.9. The fourth-order valence-electron chi connectivity index (χ4n) is 2.07. The lowest BCUT2D eigenvalue weighted by molar-refractivity contribution is -0.144. The van der Waals surface area contributed by atoms with Crippen LogP contribution in [-0.2, 0) is 6.18 Å². The average Bonchev–Trinajstić information content (AvgIpc) is 2.53. The van der Waals surface area contributed by atoms with E-state index in [4.69, 9.17) is 0 Å². The van der Waals surface area contributed by atoms with Crippen LogP contribution in [0.1, 0.15) is 22.0 Å². The quantitative estimate of drug-likeness (QED) is 0.735. The van der Waals surface area contributed by atoms with Crippen molar-refractivity contribution >= 4 is 16.7 Å². The van der Waals surface area contributed by atoms with E-state index >= 15 is 0 Å². The predicted molar refractivity (Wildman–Crippen MR) is 73.9 cm³/mol. The largest absolute Gasteiger partial charge is 0.507 e. The number of carbonyl (C=O) groups excluding carboxylic acids is 1. The molecule has 2 heterocycles. The Kier molecular flexibility index (Phi) is 3.44. The van der Waals surface area contributed by atoms with Gasteiger partial charge in [-0.15, -0.1) is 0 Å². The molecule has 0 spiro atoms. The van der Waals surface area contributed by atoms with Crippen molar-refractivity contribution in [3.63, 3.8) is 0 Å². The van der Waals surface area contributed by atoms with Crippen LogP contribution in [0.25, 0.3) is 10.9 Å². The molecule has 0 saturated heterocycles. The fraction of sp³-hybridized carbons (Fsp3) is 0.0667. The molecule has 0 aliphatic rings. The highest BCUT2D eigenvalue weighted by atomic mass is 19.4. The second kappa shape index (κ2) is 5.31. The lowest BCUT2D eigenvalue weighted by Gasteiger charge is -2.10. The van der Waals surface area contributed by atoms with Gasteiger partial charge in [-0.3, -0.25) is 9.78 Å². The Balaban J connectivity index is 2.31. The molecule has 0 aliphatic carbocycles. The Bertz CT molecular complexity index is 896. The maximum atomic E-state index is 12.9. The molecule has 23 heavy (non-hydrogen) atoms. The van der Waals surface area contributed by atoms with Gasteiger partial charge in [0.2, 0.25) is 11.6 Å². The summed E-state index contributed by atoms with van der Waals surface area (Å²) in [5.74, 6) is -2.66. The van der Waals surface area contributed by atoms with E-state index < -0.39 is 23.5 Å². The molecule has 8 heteroatoms. The van der Waals surface area contributed by atoms with Crippen LogP contribution in [0.15, 0.2) is 42.6 Å². The number of hydrogen-bond donors (Lipinski definition) is 1. The summed E-state index contributed by atoms with van der Waals surface area (Å²) >= 11 is 0. The van der Waals surface area contributed by atoms with Crippen molar-refractivity contribution in [1.82, 2.24) is 15.0 Å². The summed E-state index contributed by atoms with van der Waals surface area (Å²) < 4.78 is 38.8. The maximum absolute atomic E-state index is 12.9. The van der Waals surface area contributed by atoms with Crippen molar-refractivity contribution < 1.29 is 23.1 Å². The van der Waals surface area contributed by atoms with Gasteiger partial charge in [-0.05, 0) is 24.3 Å². The second-order valence-electron chi connectivity index (χ2n) is 4.61. The number of rotatable bonds is 2. The van der Waals surface area contributed by atoms with E-state index in [2.05, 4.69) is 15.0 Å². The molecule has 1 N–H and O–H groups in total. The van der Waals surface area contributed by atoms with E-state index in [1.54, 1.807) is 6.07 Å². The minimum Gasteiger partial charge on any atom is -0.507 e. The number of phenolic OH excluding ortho intramolecular Hbond substituents is 1. The summed E-state index contributed by atoms with van der Waals surface area (Å²) in [7, 11) is 0. The van der Waals surface area contributed by atoms with Gasteiger partial charge in [0, 0.05) is 6.20 Å². The van der Waals surface area contributed by atoms with Gasteiger partial charge in [-0.1, -0.05) is 12.1 Å². The van der Waals surface area contributed by atoms with Crippen LogP contribution in [-0.4, -0.2) is 25.8 Å². The monoisotopic (exact) mass is 319 g/mol. The summed E-state index contributed by atoms with van der Waals surface area (Å²) in [4.78, 5) is 23.0. The van der Waals surface area contributed by atoms with E-state index in [9.17, 15) is 23.1 Å². The molecule has 5 nitrogen and oxygen atoms in total. The molecule has 0 atom stereocenters. The zero-order valence-electron chi connectivity index (χ0n) is 11.4. The smallest absolute Gasteiger partial charge is 0.451 e. The molecule has 0 amide bonds. The standard InChI is InChI=1S/C15H8F3N3O2/c16-15(17,18)14-20-8-5-3-6-10(22)11(8)12(21-14)13(23)9-4-1-2-7-19-9/h1-7,22H. The molecule has 0 saturated carbocycles. The number of benzene rings is 1. The Morgan fingerprint density at radius 2 is 1.83 bits per heavy atom. The van der Waals surface area contributed by atoms with Gasteiger partial charge in [0.25, 0.3) is 0 Å². The van der Waals surface area contributed by atoms with E-state index in [-0.39, 0.29) is 22.3 Å². The normalized spacial score (nSPS) is 11.6. The molecule has 0 bridgehead atoms. The third kappa shape index (κ3) is 2.70. The number of alkyl halides is 3. The molecule has 0 unspecified atom stereocenters. The molecular formula is C15H8F3N3O2. The highest BCUT2D eigenvalue weighted by molar-refractivity contribution is 6.14. The van der Waals surface area contributed by atoms with Crippen LogP contribution >= 0.6 is 0 Å². The van der Waals surface area contributed by atoms with Gasteiger partial charge in [0.1, 0.15) is 17.1 Å². The van der Waals surface area contributed by atoms with Crippen LogP contribution < -0.4 is 0 Å².